The largest absolute Gasteiger partial charge is 0.454 e. The Labute approximate surface area is 154 Å². The van der Waals surface area contributed by atoms with E-state index in [9.17, 15) is 0 Å². The molecule has 1 atom stereocenters. The first kappa shape index (κ1) is 17.0. The van der Waals surface area contributed by atoms with Crippen molar-refractivity contribution in [3.8, 4) is 17.4 Å². The van der Waals surface area contributed by atoms with Gasteiger partial charge in [-0.15, -0.1) is 0 Å². The molecule has 8 nitrogen and oxygen atoms in total. The molecule has 0 saturated heterocycles. The average molecular weight is 373 g/mol. The molecule has 136 valence electrons. The van der Waals surface area contributed by atoms with Crippen molar-refractivity contribution in [1.29, 1.82) is 0 Å². The van der Waals surface area contributed by atoms with E-state index in [1.54, 1.807) is 17.1 Å². The lowest BCUT2D eigenvalue weighted by Gasteiger charge is -2.11. The molecule has 1 aliphatic rings. The molecule has 3 heterocycles. The number of ether oxygens (including phenoxy) is 3. The van der Waals surface area contributed by atoms with Gasteiger partial charge in [0.25, 0.3) is 0 Å². The maximum absolute atomic E-state index is 5.73. The molecule has 3 aromatic rings. The Morgan fingerprint density at radius 1 is 1.35 bits per heavy atom. The fourth-order valence-corrected chi connectivity index (χ4v) is 3.22. The van der Waals surface area contributed by atoms with Gasteiger partial charge >= 0.3 is 0 Å². The van der Waals surface area contributed by atoms with Crippen LogP contribution in [0.4, 0.5) is 0 Å². The predicted octanol–water partition coefficient (Wildman–Crippen LogP) is 2.32. The molecule has 0 amide bonds. The predicted molar refractivity (Wildman–Crippen MR) is 95.7 cm³/mol. The Bertz CT molecular complexity index is 852. The van der Waals surface area contributed by atoms with Crippen molar-refractivity contribution >= 4 is 11.5 Å². The molecule has 0 aliphatic carbocycles. The zero-order chi connectivity index (χ0) is 17.8. The maximum atomic E-state index is 5.73. The average Bonchev–Trinajstić information content (AvgIpc) is 3.41. The molecular formula is C17H19N5O3S. The van der Waals surface area contributed by atoms with Crippen LogP contribution in [-0.2, 0) is 11.3 Å². The Morgan fingerprint density at radius 3 is 3.15 bits per heavy atom. The molecule has 0 spiro atoms. The first-order valence-corrected chi connectivity index (χ1v) is 9.08. The summed E-state index contributed by atoms with van der Waals surface area (Å²) >= 11 is 1.39. The number of hydrogen-bond acceptors (Lipinski definition) is 8. The van der Waals surface area contributed by atoms with Gasteiger partial charge in [0.05, 0.1) is 19.3 Å². The summed E-state index contributed by atoms with van der Waals surface area (Å²) in [6.45, 7) is 4.22. The summed E-state index contributed by atoms with van der Waals surface area (Å²) in [6, 6.07) is 5.97. The molecule has 1 N–H and O–H groups in total. The topological polar surface area (TPSA) is 83.3 Å². The van der Waals surface area contributed by atoms with Crippen LogP contribution in [0.1, 0.15) is 23.5 Å². The third kappa shape index (κ3) is 3.85. The molecule has 9 heteroatoms. The molecule has 1 aromatic carbocycles. The molecule has 4 rings (SSSR count). The van der Waals surface area contributed by atoms with E-state index in [-0.39, 0.29) is 12.8 Å². The number of benzene rings is 1. The fraction of sp³-hybridized carbons (Fsp3) is 0.353. The zero-order valence-corrected chi connectivity index (χ0v) is 15.1. The van der Waals surface area contributed by atoms with Crippen LogP contribution in [0, 0.1) is 0 Å². The van der Waals surface area contributed by atoms with E-state index in [0.717, 1.165) is 28.6 Å². The minimum Gasteiger partial charge on any atom is -0.454 e. The van der Waals surface area contributed by atoms with E-state index in [0.29, 0.717) is 19.2 Å². The highest BCUT2D eigenvalue weighted by Crippen LogP contribution is 2.32. The van der Waals surface area contributed by atoms with Gasteiger partial charge in [-0.2, -0.15) is 4.37 Å². The van der Waals surface area contributed by atoms with E-state index < -0.39 is 0 Å². The van der Waals surface area contributed by atoms with E-state index in [2.05, 4.69) is 26.6 Å². The van der Waals surface area contributed by atoms with Crippen LogP contribution < -0.4 is 14.8 Å². The minimum absolute atomic E-state index is 0.110. The standard InChI is InChI=1S/C17H19N5O3S/c1-12(16-20-17(21-26-16)22-6-4-18-10-22)19-5-7-23-9-13-2-3-14-15(8-13)25-11-24-14/h2-4,6,8,10,12,19H,5,7,9,11H2,1H3. The molecular weight excluding hydrogens is 354 g/mol. The summed E-state index contributed by atoms with van der Waals surface area (Å²) in [7, 11) is 0. The second kappa shape index (κ2) is 7.81. The summed E-state index contributed by atoms with van der Waals surface area (Å²) in [5, 5.41) is 4.33. The van der Waals surface area contributed by atoms with Crippen LogP contribution >= 0.6 is 11.5 Å². The maximum Gasteiger partial charge on any atom is 0.246 e. The second-order valence-corrected chi connectivity index (χ2v) is 6.60. The van der Waals surface area contributed by atoms with Crippen LogP contribution in [0.25, 0.3) is 5.95 Å². The van der Waals surface area contributed by atoms with Gasteiger partial charge in [0, 0.05) is 18.9 Å². The highest BCUT2D eigenvalue weighted by atomic mass is 32.1. The van der Waals surface area contributed by atoms with Crippen molar-refractivity contribution in [2.75, 3.05) is 19.9 Å². The third-order valence-corrected chi connectivity index (χ3v) is 4.83. The van der Waals surface area contributed by atoms with E-state index >= 15 is 0 Å². The number of hydrogen-bond donors (Lipinski definition) is 1. The summed E-state index contributed by atoms with van der Waals surface area (Å²) < 4.78 is 22.5. The Hall–Kier alpha value is -2.49. The first-order chi connectivity index (χ1) is 12.8. The lowest BCUT2D eigenvalue weighted by Crippen LogP contribution is -2.23. The van der Waals surface area contributed by atoms with Gasteiger partial charge in [0.15, 0.2) is 11.5 Å². The van der Waals surface area contributed by atoms with Gasteiger partial charge in [-0.05, 0) is 36.2 Å². The molecule has 26 heavy (non-hydrogen) atoms. The Balaban J connectivity index is 1.20. The fourth-order valence-electron chi connectivity index (χ4n) is 2.54. The van der Waals surface area contributed by atoms with Gasteiger partial charge in [-0.3, -0.25) is 4.57 Å². The van der Waals surface area contributed by atoms with Gasteiger partial charge in [-0.1, -0.05) is 6.07 Å². The summed E-state index contributed by atoms with van der Waals surface area (Å²) in [6.07, 6.45) is 5.22. The third-order valence-electron chi connectivity index (χ3n) is 3.94. The second-order valence-electron chi connectivity index (χ2n) is 5.82. The number of aromatic nitrogens is 4. The monoisotopic (exact) mass is 373 g/mol. The molecule has 0 bridgehead atoms. The molecule has 1 aliphatic heterocycles. The van der Waals surface area contributed by atoms with Crippen molar-refractivity contribution in [3.63, 3.8) is 0 Å². The lowest BCUT2D eigenvalue weighted by molar-refractivity contribution is 0.121. The summed E-state index contributed by atoms with van der Waals surface area (Å²) in [4.78, 5) is 8.54. The molecule has 2 aromatic heterocycles. The van der Waals surface area contributed by atoms with Crippen molar-refractivity contribution in [2.45, 2.75) is 19.6 Å². The molecule has 0 saturated carbocycles. The van der Waals surface area contributed by atoms with Gasteiger partial charge < -0.3 is 19.5 Å². The Kier molecular flexibility index (Phi) is 5.09. The van der Waals surface area contributed by atoms with E-state index in [4.69, 9.17) is 14.2 Å². The number of fused-ring (bicyclic) bond motifs is 1. The van der Waals surface area contributed by atoms with Crippen LogP contribution in [-0.4, -0.2) is 38.9 Å². The molecule has 0 radical (unpaired) electrons. The van der Waals surface area contributed by atoms with Crippen molar-refractivity contribution in [1.82, 2.24) is 24.2 Å². The normalized spacial score (nSPS) is 13.9. The van der Waals surface area contributed by atoms with Crippen molar-refractivity contribution in [3.05, 3.63) is 47.5 Å². The summed E-state index contributed by atoms with van der Waals surface area (Å²) in [5.74, 6) is 2.22. The van der Waals surface area contributed by atoms with Crippen LogP contribution in [0.3, 0.4) is 0 Å². The SMILES string of the molecule is CC(NCCOCc1ccc2c(c1)OCO2)c1nc(-n2ccnc2)ns1. The quantitative estimate of drug-likeness (QED) is 0.607. The van der Waals surface area contributed by atoms with Crippen LogP contribution in [0.2, 0.25) is 0 Å². The lowest BCUT2D eigenvalue weighted by atomic mass is 10.2. The van der Waals surface area contributed by atoms with Gasteiger partial charge in [0.1, 0.15) is 11.3 Å². The van der Waals surface area contributed by atoms with Gasteiger partial charge in [0.2, 0.25) is 12.7 Å². The highest BCUT2D eigenvalue weighted by Gasteiger charge is 2.14. The van der Waals surface area contributed by atoms with E-state index in [1.807, 2.05) is 24.4 Å². The van der Waals surface area contributed by atoms with Crippen molar-refractivity contribution in [2.24, 2.45) is 0 Å². The number of rotatable bonds is 8. The van der Waals surface area contributed by atoms with Crippen LogP contribution in [0.5, 0.6) is 11.5 Å². The number of nitrogens with zero attached hydrogens (tertiary/aromatic N) is 4. The minimum atomic E-state index is 0.110. The molecule has 0 fully saturated rings. The smallest absolute Gasteiger partial charge is 0.246 e. The van der Waals surface area contributed by atoms with Gasteiger partial charge in [-0.25, -0.2) is 9.97 Å². The molecule has 1 unspecified atom stereocenters. The number of imidazole rings is 1. The summed E-state index contributed by atoms with van der Waals surface area (Å²) in [5.41, 5.74) is 1.07. The highest BCUT2D eigenvalue weighted by molar-refractivity contribution is 7.05. The zero-order valence-electron chi connectivity index (χ0n) is 14.3. The Morgan fingerprint density at radius 2 is 2.27 bits per heavy atom. The van der Waals surface area contributed by atoms with Crippen molar-refractivity contribution < 1.29 is 14.2 Å². The number of nitrogens with one attached hydrogen (secondary N) is 1. The first-order valence-electron chi connectivity index (χ1n) is 8.31. The van der Waals surface area contributed by atoms with E-state index in [1.165, 1.54) is 11.5 Å². The van der Waals surface area contributed by atoms with Crippen LogP contribution in [0.15, 0.2) is 36.9 Å².